The van der Waals surface area contributed by atoms with Gasteiger partial charge in [-0.2, -0.15) is 0 Å². The topological polar surface area (TPSA) is 94.2 Å². The molecule has 4 rings (SSSR count). The normalized spacial score (nSPS) is 21.5. The molecule has 0 spiro atoms. The third-order valence-corrected chi connectivity index (χ3v) is 6.43. The van der Waals surface area contributed by atoms with Gasteiger partial charge in [0.25, 0.3) is 5.56 Å². The standard InChI is InChI=1S/C20H30N6O3/c1-23-13-21-18-17(23)19(28)26(20(29)24(18)2)12-16(27)22-14-9-10-25(11-14)15-7-5-3-4-6-8-15/h13-15H,3-12H2,1-2H3,(H,22,27). The van der Waals surface area contributed by atoms with Crippen molar-refractivity contribution in [3.8, 4) is 0 Å². The Morgan fingerprint density at radius 2 is 1.86 bits per heavy atom. The number of aryl methyl sites for hydroxylation is 2. The highest BCUT2D eigenvalue weighted by atomic mass is 16.2. The zero-order valence-electron chi connectivity index (χ0n) is 17.3. The molecule has 2 aliphatic rings. The fourth-order valence-corrected chi connectivity index (χ4v) is 4.81. The predicted molar refractivity (Wildman–Crippen MR) is 110 cm³/mol. The van der Waals surface area contributed by atoms with Gasteiger partial charge in [-0.15, -0.1) is 0 Å². The number of carbonyl (C=O) groups excluding carboxylic acids is 1. The summed E-state index contributed by atoms with van der Waals surface area (Å²) < 4.78 is 3.89. The summed E-state index contributed by atoms with van der Waals surface area (Å²) >= 11 is 0. The van der Waals surface area contributed by atoms with Crippen molar-refractivity contribution in [3.63, 3.8) is 0 Å². The molecule has 29 heavy (non-hydrogen) atoms. The van der Waals surface area contributed by atoms with Crippen LogP contribution in [0.25, 0.3) is 11.2 Å². The number of nitrogens with zero attached hydrogens (tertiary/aromatic N) is 5. The number of fused-ring (bicyclic) bond motifs is 1. The smallest absolute Gasteiger partial charge is 0.332 e. The molecular formula is C20H30N6O3. The Hall–Kier alpha value is -2.42. The number of hydrogen-bond donors (Lipinski definition) is 1. The Morgan fingerprint density at radius 1 is 1.14 bits per heavy atom. The van der Waals surface area contributed by atoms with Crippen LogP contribution in [-0.2, 0) is 25.4 Å². The quantitative estimate of drug-likeness (QED) is 0.745. The maximum Gasteiger partial charge on any atom is 0.332 e. The minimum atomic E-state index is -0.525. The largest absolute Gasteiger partial charge is 0.350 e. The Kier molecular flexibility index (Phi) is 5.58. The van der Waals surface area contributed by atoms with E-state index in [1.165, 1.54) is 49.4 Å². The summed E-state index contributed by atoms with van der Waals surface area (Å²) in [7, 11) is 3.26. The van der Waals surface area contributed by atoms with Crippen LogP contribution in [0.15, 0.2) is 15.9 Å². The van der Waals surface area contributed by atoms with Crippen molar-refractivity contribution in [2.75, 3.05) is 13.1 Å². The second-order valence-corrected chi connectivity index (χ2v) is 8.45. The van der Waals surface area contributed by atoms with E-state index in [1.807, 2.05) is 0 Å². The van der Waals surface area contributed by atoms with E-state index in [0.29, 0.717) is 17.2 Å². The van der Waals surface area contributed by atoms with Crippen LogP contribution in [0.4, 0.5) is 0 Å². The van der Waals surface area contributed by atoms with E-state index < -0.39 is 11.2 Å². The first-order valence-electron chi connectivity index (χ1n) is 10.6. The van der Waals surface area contributed by atoms with Gasteiger partial charge in [-0.25, -0.2) is 14.3 Å². The molecule has 3 heterocycles. The van der Waals surface area contributed by atoms with Gasteiger partial charge in [0, 0.05) is 39.3 Å². The molecule has 0 aromatic carbocycles. The second kappa shape index (κ2) is 8.14. The molecule has 9 heteroatoms. The van der Waals surface area contributed by atoms with E-state index >= 15 is 0 Å². The lowest BCUT2D eigenvalue weighted by molar-refractivity contribution is -0.122. The third kappa shape index (κ3) is 3.88. The summed E-state index contributed by atoms with van der Waals surface area (Å²) in [5.74, 6) is -0.293. The van der Waals surface area contributed by atoms with Gasteiger partial charge < -0.3 is 9.88 Å². The number of amides is 1. The van der Waals surface area contributed by atoms with E-state index in [0.717, 1.165) is 24.1 Å². The fourth-order valence-electron chi connectivity index (χ4n) is 4.81. The van der Waals surface area contributed by atoms with Gasteiger partial charge in [0.2, 0.25) is 5.91 Å². The average Bonchev–Trinajstić information content (AvgIpc) is 3.21. The molecule has 1 amide bonds. The van der Waals surface area contributed by atoms with Crippen molar-refractivity contribution in [3.05, 3.63) is 27.2 Å². The lowest BCUT2D eigenvalue weighted by Crippen LogP contribution is -2.46. The summed E-state index contributed by atoms with van der Waals surface area (Å²) in [4.78, 5) is 44.5. The number of aromatic nitrogens is 4. The molecule has 1 unspecified atom stereocenters. The third-order valence-electron chi connectivity index (χ3n) is 6.43. The van der Waals surface area contributed by atoms with Crippen LogP contribution in [-0.4, -0.2) is 54.7 Å². The number of rotatable bonds is 4. The minimum absolute atomic E-state index is 0.0748. The van der Waals surface area contributed by atoms with Gasteiger partial charge in [0.05, 0.1) is 6.33 Å². The highest BCUT2D eigenvalue weighted by Gasteiger charge is 2.29. The number of carbonyl (C=O) groups is 1. The molecule has 1 N–H and O–H groups in total. The molecule has 1 saturated heterocycles. The van der Waals surface area contributed by atoms with Crippen molar-refractivity contribution in [1.82, 2.24) is 28.9 Å². The SMILES string of the molecule is Cn1cnc2c1c(=O)n(CC(=O)NC1CCN(C3CCCCCC3)C1)c(=O)n2C. The lowest BCUT2D eigenvalue weighted by atomic mass is 10.1. The fraction of sp³-hybridized carbons (Fsp3) is 0.700. The van der Waals surface area contributed by atoms with Crippen LogP contribution in [0.2, 0.25) is 0 Å². The van der Waals surface area contributed by atoms with E-state index in [2.05, 4.69) is 15.2 Å². The lowest BCUT2D eigenvalue weighted by Gasteiger charge is -2.26. The Labute approximate surface area is 169 Å². The van der Waals surface area contributed by atoms with E-state index in [9.17, 15) is 14.4 Å². The molecule has 1 saturated carbocycles. The van der Waals surface area contributed by atoms with E-state index in [4.69, 9.17) is 0 Å². The predicted octanol–water partition coefficient (Wildman–Crippen LogP) is 0.347. The Morgan fingerprint density at radius 3 is 2.59 bits per heavy atom. The Bertz CT molecular complexity index is 1010. The van der Waals surface area contributed by atoms with Gasteiger partial charge in [-0.3, -0.25) is 19.1 Å². The zero-order chi connectivity index (χ0) is 20.5. The van der Waals surface area contributed by atoms with Crippen molar-refractivity contribution in [2.45, 2.75) is 63.6 Å². The minimum Gasteiger partial charge on any atom is -0.350 e. The van der Waals surface area contributed by atoms with Crippen LogP contribution < -0.4 is 16.6 Å². The number of imidazole rings is 1. The first-order chi connectivity index (χ1) is 14.0. The van der Waals surface area contributed by atoms with Gasteiger partial charge in [-0.1, -0.05) is 25.7 Å². The first-order valence-corrected chi connectivity index (χ1v) is 10.6. The van der Waals surface area contributed by atoms with E-state index in [-0.39, 0.29) is 18.5 Å². The monoisotopic (exact) mass is 402 g/mol. The molecule has 1 atom stereocenters. The molecule has 158 valence electrons. The number of hydrogen-bond acceptors (Lipinski definition) is 5. The van der Waals surface area contributed by atoms with Gasteiger partial charge in [0.15, 0.2) is 11.2 Å². The average molecular weight is 402 g/mol. The Balaban J connectivity index is 1.44. The highest BCUT2D eigenvalue weighted by molar-refractivity contribution is 5.77. The first kappa shape index (κ1) is 19.9. The summed E-state index contributed by atoms with van der Waals surface area (Å²) in [5, 5.41) is 3.03. The molecule has 2 aromatic rings. The van der Waals surface area contributed by atoms with Crippen LogP contribution in [0, 0.1) is 0 Å². The van der Waals surface area contributed by atoms with Crippen LogP contribution in [0.5, 0.6) is 0 Å². The highest BCUT2D eigenvalue weighted by Crippen LogP contribution is 2.25. The number of likely N-dealkylation sites (tertiary alicyclic amines) is 1. The van der Waals surface area contributed by atoms with Gasteiger partial charge in [0.1, 0.15) is 6.54 Å². The van der Waals surface area contributed by atoms with Crippen LogP contribution >= 0.6 is 0 Å². The van der Waals surface area contributed by atoms with Gasteiger partial charge >= 0.3 is 5.69 Å². The molecule has 1 aliphatic heterocycles. The summed E-state index contributed by atoms with van der Waals surface area (Å²) in [6, 6.07) is 0.701. The van der Waals surface area contributed by atoms with Crippen LogP contribution in [0.3, 0.4) is 0 Å². The molecule has 0 radical (unpaired) electrons. The second-order valence-electron chi connectivity index (χ2n) is 8.45. The molecular weight excluding hydrogens is 372 g/mol. The molecule has 1 aliphatic carbocycles. The zero-order valence-corrected chi connectivity index (χ0v) is 17.3. The maximum atomic E-state index is 12.7. The van der Waals surface area contributed by atoms with Crippen molar-refractivity contribution >= 4 is 17.1 Å². The summed E-state index contributed by atoms with van der Waals surface area (Å²) in [6.07, 6.45) is 10.1. The molecule has 2 fully saturated rings. The molecule has 0 bridgehead atoms. The number of nitrogens with one attached hydrogen (secondary N) is 1. The van der Waals surface area contributed by atoms with E-state index in [1.54, 1.807) is 18.7 Å². The van der Waals surface area contributed by atoms with Crippen molar-refractivity contribution < 1.29 is 4.79 Å². The summed E-state index contributed by atoms with van der Waals surface area (Å²) in [6.45, 7) is 1.58. The van der Waals surface area contributed by atoms with Gasteiger partial charge in [-0.05, 0) is 19.3 Å². The maximum absolute atomic E-state index is 12.7. The summed E-state index contributed by atoms with van der Waals surface area (Å²) in [5.41, 5.74) is -0.359. The van der Waals surface area contributed by atoms with Crippen molar-refractivity contribution in [2.24, 2.45) is 14.1 Å². The van der Waals surface area contributed by atoms with Crippen LogP contribution in [0.1, 0.15) is 44.9 Å². The molecule has 9 nitrogen and oxygen atoms in total. The molecule has 2 aromatic heterocycles. The van der Waals surface area contributed by atoms with Crippen molar-refractivity contribution in [1.29, 1.82) is 0 Å².